The lowest BCUT2D eigenvalue weighted by molar-refractivity contribution is -0.122. The third kappa shape index (κ3) is 3.29. The summed E-state index contributed by atoms with van der Waals surface area (Å²) in [5, 5.41) is 3.17. The summed E-state index contributed by atoms with van der Waals surface area (Å²) in [6.07, 6.45) is 7.76. The Hall–Kier alpha value is -1.35. The molecule has 1 atom stereocenters. The second kappa shape index (κ2) is 5.80. The average molecular weight is 286 g/mol. The maximum atomic E-state index is 12.3. The summed E-state index contributed by atoms with van der Waals surface area (Å²) in [5.74, 6) is 0.667. The van der Waals surface area contributed by atoms with Gasteiger partial charge in [-0.3, -0.25) is 4.79 Å². The Labute approximate surface area is 127 Å². The van der Waals surface area contributed by atoms with Crippen molar-refractivity contribution < 1.29 is 4.79 Å². The van der Waals surface area contributed by atoms with E-state index >= 15 is 0 Å². The van der Waals surface area contributed by atoms with Gasteiger partial charge in [0.2, 0.25) is 5.91 Å². The van der Waals surface area contributed by atoms with Crippen LogP contribution < -0.4 is 11.1 Å². The summed E-state index contributed by atoms with van der Waals surface area (Å²) in [6, 6.07) is 6.55. The molecule has 114 valence electrons. The number of fused-ring (bicyclic) bond motifs is 1. The van der Waals surface area contributed by atoms with Crippen LogP contribution >= 0.6 is 0 Å². The minimum Gasteiger partial charge on any atom is -0.349 e. The number of nitrogens with two attached hydrogens (primary N) is 1. The van der Waals surface area contributed by atoms with Crippen molar-refractivity contribution in [2.24, 2.45) is 11.7 Å². The van der Waals surface area contributed by atoms with Crippen molar-refractivity contribution in [1.82, 2.24) is 5.32 Å². The lowest BCUT2D eigenvalue weighted by Crippen LogP contribution is -2.53. The molecule has 2 aliphatic rings. The van der Waals surface area contributed by atoms with Gasteiger partial charge in [-0.1, -0.05) is 18.2 Å². The van der Waals surface area contributed by atoms with E-state index in [9.17, 15) is 4.79 Å². The van der Waals surface area contributed by atoms with Gasteiger partial charge in [0, 0.05) is 6.54 Å². The molecule has 0 heterocycles. The van der Waals surface area contributed by atoms with Gasteiger partial charge in [-0.05, 0) is 68.1 Å². The molecular formula is C18H26N2O. The third-order valence-corrected chi connectivity index (χ3v) is 5.10. The van der Waals surface area contributed by atoms with Crippen LogP contribution in [0.25, 0.3) is 0 Å². The molecule has 0 aromatic heterocycles. The summed E-state index contributed by atoms with van der Waals surface area (Å²) in [7, 11) is 0. The second-order valence-corrected chi connectivity index (χ2v) is 6.93. The highest BCUT2D eigenvalue weighted by Crippen LogP contribution is 2.39. The van der Waals surface area contributed by atoms with Crippen molar-refractivity contribution >= 4 is 5.91 Å². The molecule has 1 fully saturated rings. The highest BCUT2D eigenvalue weighted by atomic mass is 16.1. The largest absolute Gasteiger partial charge is 0.349 e. The van der Waals surface area contributed by atoms with E-state index in [0.29, 0.717) is 18.9 Å². The number of carbonyl (C=O) groups is 1. The van der Waals surface area contributed by atoms with E-state index in [0.717, 1.165) is 12.0 Å². The summed E-state index contributed by atoms with van der Waals surface area (Å²) in [6.45, 7) is 2.60. The van der Waals surface area contributed by atoms with Crippen LogP contribution in [-0.2, 0) is 24.1 Å². The first-order chi connectivity index (χ1) is 10.1. The Morgan fingerprint density at radius 3 is 2.67 bits per heavy atom. The molecule has 3 rings (SSSR count). The van der Waals surface area contributed by atoms with Crippen LogP contribution in [0.2, 0.25) is 0 Å². The van der Waals surface area contributed by atoms with Crippen LogP contribution in [0.1, 0.15) is 49.3 Å². The average Bonchev–Trinajstić information content (AvgIpc) is 3.32. The molecule has 1 saturated carbocycles. The van der Waals surface area contributed by atoms with Crippen LogP contribution in [0.5, 0.6) is 0 Å². The quantitative estimate of drug-likeness (QED) is 0.873. The zero-order valence-corrected chi connectivity index (χ0v) is 13.0. The van der Waals surface area contributed by atoms with E-state index in [4.69, 9.17) is 5.73 Å². The smallest absolute Gasteiger partial charge is 0.224 e. The molecule has 0 spiro atoms. The van der Waals surface area contributed by atoms with Crippen molar-refractivity contribution in [2.75, 3.05) is 6.54 Å². The van der Waals surface area contributed by atoms with E-state index < -0.39 is 0 Å². The number of hydrogen-bond donors (Lipinski definition) is 2. The van der Waals surface area contributed by atoms with Crippen LogP contribution in [0, 0.1) is 5.92 Å². The molecular weight excluding hydrogens is 260 g/mol. The number of aryl methyl sites for hydroxylation is 2. The van der Waals surface area contributed by atoms with Gasteiger partial charge in [0.1, 0.15) is 0 Å². The van der Waals surface area contributed by atoms with E-state index in [1.807, 2.05) is 0 Å². The molecule has 1 unspecified atom stereocenters. The van der Waals surface area contributed by atoms with Crippen molar-refractivity contribution in [3.63, 3.8) is 0 Å². The van der Waals surface area contributed by atoms with Gasteiger partial charge in [-0.2, -0.15) is 0 Å². The summed E-state index contributed by atoms with van der Waals surface area (Å²) >= 11 is 0. The molecule has 3 nitrogen and oxygen atoms in total. The highest BCUT2D eigenvalue weighted by molar-refractivity contribution is 5.79. The maximum Gasteiger partial charge on any atom is 0.224 e. The SMILES string of the molecule is CC(CN)(NC(=O)Cc1ccc2c(c1)CCCC2)C1CC1. The Balaban J connectivity index is 1.64. The first-order valence-corrected chi connectivity index (χ1v) is 8.22. The van der Waals surface area contributed by atoms with Gasteiger partial charge in [0.15, 0.2) is 0 Å². The summed E-state index contributed by atoms with van der Waals surface area (Å²) < 4.78 is 0. The Morgan fingerprint density at radius 1 is 1.29 bits per heavy atom. The van der Waals surface area contributed by atoms with E-state index in [1.165, 1.54) is 43.2 Å². The van der Waals surface area contributed by atoms with Gasteiger partial charge in [0.25, 0.3) is 0 Å². The van der Waals surface area contributed by atoms with Gasteiger partial charge in [-0.15, -0.1) is 0 Å². The molecule has 3 heteroatoms. The molecule has 1 aromatic carbocycles. The fraction of sp³-hybridized carbons (Fsp3) is 0.611. The molecule has 0 saturated heterocycles. The summed E-state index contributed by atoms with van der Waals surface area (Å²) in [4.78, 5) is 12.3. The standard InChI is InChI=1S/C18H26N2O/c1-18(12-19,16-8-9-16)20-17(21)11-13-6-7-14-4-2-3-5-15(14)10-13/h6-7,10,16H,2-5,8-9,11-12,19H2,1H3,(H,20,21). The van der Waals surface area contributed by atoms with Crippen LogP contribution in [0.3, 0.4) is 0 Å². The number of nitrogens with one attached hydrogen (secondary N) is 1. The first kappa shape index (κ1) is 14.6. The highest BCUT2D eigenvalue weighted by Gasteiger charge is 2.41. The van der Waals surface area contributed by atoms with Crippen LogP contribution in [0.15, 0.2) is 18.2 Å². The van der Waals surface area contributed by atoms with E-state index in [1.54, 1.807) is 0 Å². The van der Waals surface area contributed by atoms with Gasteiger partial charge < -0.3 is 11.1 Å². The molecule has 0 aliphatic heterocycles. The van der Waals surface area contributed by atoms with E-state index in [-0.39, 0.29) is 11.4 Å². The van der Waals surface area contributed by atoms with Crippen LogP contribution in [0.4, 0.5) is 0 Å². The lowest BCUT2D eigenvalue weighted by atomic mass is 9.89. The number of benzene rings is 1. The lowest BCUT2D eigenvalue weighted by Gasteiger charge is -2.29. The van der Waals surface area contributed by atoms with Crippen molar-refractivity contribution in [3.05, 3.63) is 34.9 Å². The molecule has 1 aromatic rings. The van der Waals surface area contributed by atoms with Crippen molar-refractivity contribution in [1.29, 1.82) is 0 Å². The monoisotopic (exact) mass is 286 g/mol. The van der Waals surface area contributed by atoms with Gasteiger partial charge in [0.05, 0.1) is 12.0 Å². The fourth-order valence-electron chi connectivity index (χ4n) is 3.49. The molecule has 2 aliphatic carbocycles. The van der Waals surface area contributed by atoms with Crippen LogP contribution in [-0.4, -0.2) is 18.0 Å². The third-order valence-electron chi connectivity index (χ3n) is 5.10. The second-order valence-electron chi connectivity index (χ2n) is 6.93. The Kier molecular flexibility index (Phi) is 4.03. The number of carbonyl (C=O) groups excluding carboxylic acids is 1. The molecule has 0 bridgehead atoms. The zero-order valence-electron chi connectivity index (χ0n) is 13.0. The summed E-state index contributed by atoms with van der Waals surface area (Å²) in [5.41, 5.74) is 9.69. The minimum atomic E-state index is -0.217. The molecule has 0 radical (unpaired) electrons. The Bertz CT molecular complexity index is 536. The minimum absolute atomic E-state index is 0.102. The zero-order chi connectivity index (χ0) is 14.9. The Morgan fingerprint density at radius 2 is 2.00 bits per heavy atom. The molecule has 1 amide bonds. The number of hydrogen-bond acceptors (Lipinski definition) is 2. The van der Waals surface area contributed by atoms with Gasteiger partial charge in [-0.25, -0.2) is 0 Å². The van der Waals surface area contributed by atoms with Crippen molar-refractivity contribution in [2.45, 2.75) is 57.4 Å². The first-order valence-electron chi connectivity index (χ1n) is 8.22. The fourth-order valence-corrected chi connectivity index (χ4v) is 3.49. The topological polar surface area (TPSA) is 55.1 Å². The van der Waals surface area contributed by atoms with Crippen molar-refractivity contribution in [3.8, 4) is 0 Å². The normalized spacial score (nSPS) is 20.5. The van der Waals surface area contributed by atoms with E-state index in [2.05, 4.69) is 30.4 Å². The maximum absolute atomic E-state index is 12.3. The number of amides is 1. The predicted octanol–water partition coefficient (Wildman–Crippen LogP) is 2.35. The number of rotatable bonds is 5. The molecule has 3 N–H and O–H groups in total. The molecule has 21 heavy (non-hydrogen) atoms. The van der Waals surface area contributed by atoms with Gasteiger partial charge >= 0.3 is 0 Å². The predicted molar refractivity (Wildman–Crippen MR) is 85.1 cm³/mol.